The van der Waals surface area contributed by atoms with E-state index in [9.17, 15) is 20.4 Å². The highest BCUT2D eigenvalue weighted by Gasteiger charge is 2.41. The fourth-order valence-corrected chi connectivity index (χ4v) is 4.16. The van der Waals surface area contributed by atoms with Crippen LogP contribution in [-0.2, 0) is 0 Å². The minimum Gasteiger partial charge on any atom is -0.387 e. The first-order valence-corrected chi connectivity index (χ1v) is 8.00. The lowest BCUT2D eigenvalue weighted by Gasteiger charge is -2.35. The first-order valence-electron chi connectivity index (χ1n) is 8.00. The summed E-state index contributed by atoms with van der Waals surface area (Å²) in [4.78, 5) is 0. The first kappa shape index (κ1) is 14.1. The van der Waals surface area contributed by atoms with Gasteiger partial charge in [-0.2, -0.15) is 0 Å². The predicted octanol–water partition coefficient (Wildman–Crippen LogP) is 2.39. The normalized spacial score (nSPS) is 27.2. The minimum absolute atomic E-state index is 0.478. The Bertz CT molecular complexity index is 1070. The molecule has 0 saturated heterocycles. The van der Waals surface area contributed by atoms with Crippen LogP contribution in [-0.4, -0.2) is 32.6 Å². The van der Waals surface area contributed by atoms with Gasteiger partial charge in [0.05, 0.1) is 0 Å². The van der Waals surface area contributed by atoms with E-state index in [1.54, 1.807) is 0 Å². The Hall–Kier alpha value is -2.24. The number of hydrogen-bond acceptors (Lipinski definition) is 4. The zero-order chi connectivity index (χ0) is 16.6. The van der Waals surface area contributed by atoms with Crippen LogP contribution in [0.15, 0.2) is 48.5 Å². The van der Waals surface area contributed by atoms with Crippen LogP contribution >= 0.6 is 0 Å². The van der Waals surface area contributed by atoms with Gasteiger partial charge in [0.2, 0.25) is 0 Å². The van der Waals surface area contributed by atoms with Gasteiger partial charge in [0.15, 0.2) is 0 Å². The molecule has 0 spiro atoms. The molecule has 0 aromatic heterocycles. The first-order chi connectivity index (χ1) is 11.6. The number of fused-ring (bicyclic) bond motifs is 2. The summed E-state index contributed by atoms with van der Waals surface area (Å²) in [5.41, 5.74) is 0.984. The lowest BCUT2D eigenvalue weighted by molar-refractivity contribution is -0.119. The van der Waals surface area contributed by atoms with Crippen LogP contribution < -0.4 is 0 Å². The van der Waals surface area contributed by atoms with E-state index in [4.69, 9.17) is 0 Å². The standard InChI is InChI=1S/C20H16O4/c21-17-13-8-11-5-4-9-2-1-3-10-6-7-12(15(11)14(9)10)16(13)18(22)20(24)19(17)23/h1-8,17-24H/i4+1,5+1,6+1,7+1. The molecule has 0 aliphatic heterocycles. The van der Waals surface area contributed by atoms with Gasteiger partial charge in [-0.1, -0.05) is 42.5 Å². The van der Waals surface area contributed by atoms with E-state index in [1.807, 2.05) is 48.5 Å². The van der Waals surface area contributed by atoms with Crippen LogP contribution in [0.25, 0.3) is 32.3 Å². The van der Waals surface area contributed by atoms with Gasteiger partial charge in [-0.25, -0.2) is 0 Å². The molecule has 4 unspecified atom stereocenters. The van der Waals surface area contributed by atoms with Crippen LogP contribution in [0.3, 0.4) is 0 Å². The van der Waals surface area contributed by atoms with E-state index in [-0.39, 0.29) is 0 Å². The van der Waals surface area contributed by atoms with Crippen LogP contribution in [0, 0.1) is 0 Å². The third-order valence-electron chi connectivity index (χ3n) is 5.33. The average molecular weight is 324 g/mol. The second-order valence-corrected chi connectivity index (χ2v) is 6.61. The fourth-order valence-electron chi connectivity index (χ4n) is 4.16. The number of hydrogen-bond donors (Lipinski definition) is 4. The SMILES string of the molecule is OC1c2cc3[13cH][13cH]c4cccc5[13cH][13cH]c(c2C(O)C(O)C1O)c3c45. The molecule has 1 aliphatic carbocycles. The molecule has 4 atom stereocenters. The summed E-state index contributed by atoms with van der Waals surface area (Å²) in [7, 11) is 0. The van der Waals surface area contributed by atoms with Crippen LogP contribution in [0.2, 0.25) is 0 Å². The maximum Gasteiger partial charge on any atom is 0.113 e. The van der Waals surface area contributed by atoms with Crippen molar-refractivity contribution in [2.45, 2.75) is 24.4 Å². The lowest BCUT2D eigenvalue weighted by atomic mass is 9.80. The largest absolute Gasteiger partial charge is 0.387 e. The van der Waals surface area contributed by atoms with Crippen molar-refractivity contribution < 1.29 is 20.4 Å². The van der Waals surface area contributed by atoms with Crippen molar-refractivity contribution >= 4 is 32.3 Å². The van der Waals surface area contributed by atoms with Crippen molar-refractivity contribution in [2.75, 3.05) is 0 Å². The highest BCUT2D eigenvalue weighted by Crippen LogP contribution is 2.45. The molecule has 24 heavy (non-hydrogen) atoms. The van der Waals surface area contributed by atoms with Gasteiger partial charge >= 0.3 is 0 Å². The van der Waals surface area contributed by atoms with Gasteiger partial charge in [0.25, 0.3) is 0 Å². The molecule has 0 saturated carbocycles. The van der Waals surface area contributed by atoms with Gasteiger partial charge in [0, 0.05) is 0 Å². The number of rotatable bonds is 0. The topological polar surface area (TPSA) is 80.9 Å². The molecule has 0 heterocycles. The van der Waals surface area contributed by atoms with E-state index in [1.165, 1.54) is 0 Å². The van der Waals surface area contributed by atoms with E-state index in [2.05, 4.69) is 0 Å². The van der Waals surface area contributed by atoms with E-state index in [0.717, 1.165) is 32.3 Å². The molecular formula is C20H16O4. The summed E-state index contributed by atoms with van der Waals surface area (Å²) in [5, 5.41) is 47.1. The molecule has 4 heteroatoms. The molecule has 0 amide bonds. The van der Waals surface area contributed by atoms with Crippen LogP contribution in [0.5, 0.6) is 0 Å². The van der Waals surface area contributed by atoms with Crippen molar-refractivity contribution in [1.82, 2.24) is 0 Å². The molecule has 0 bridgehead atoms. The van der Waals surface area contributed by atoms with Crippen molar-refractivity contribution in [3.63, 3.8) is 0 Å². The Morgan fingerprint density at radius 1 is 0.625 bits per heavy atom. The molecular weight excluding hydrogens is 308 g/mol. The molecule has 1 aliphatic rings. The summed E-state index contributed by atoms with van der Waals surface area (Å²) in [6.07, 6.45) is -5.27. The van der Waals surface area contributed by atoms with E-state index < -0.39 is 24.4 Å². The third kappa shape index (κ3) is 1.61. The van der Waals surface area contributed by atoms with Gasteiger partial charge < -0.3 is 20.4 Å². The monoisotopic (exact) mass is 324 g/mol. The lowest BCUT2D eigenvalue weighted by Crippen LogP contribution is -2.41. The molecule has 4 aromatic carbocycles. The average Bonchev–Trinajstić information content (AvgIpc) is 2.62. The van der Waals surface area contributed by atoms with Crippen molar-refractivity contribution in [1.29, 1.82) is 0 Å². The fraction of sp³-hybridized carbons (Fsp3) is 0.200. The minimum atomic E-state index is -1.41. The maximum absolute atomic E-state index is 10.5. The second-order valence-electron chi connectivity index (χ2n) is 6.61. The molecule has 4 N–H and O–H groups in total. The predicted molar refractivity (Wildman–Crippen MR) is 92.1 cm³/mol. The molecule has 5 rings (SSSR count). The molecule has 4 nitrogen and oxygen atoms in total. The van der Waals surface area contributed by atoms with Gasteiger partial charge in [0.1, 0.15) is 24.4 Å². The summed E-state index contributed by atoms with van der Waals surface area (Å²) in [6, 6.07) is 15.8. The van der Waals surface area contributed by atoms with E-state index in [0.29, 0.717) is 11.1 Å². The van der Waals surface area contributed by atoms with E-state index >= 15 is 0 Å². The summed E-state index contributed by atoms with van der Waals surface area (Å²) in [6.45, 7) is 0. The quantitative estimate of drug-likeness (QED) is 0.374. The highest BCUT2D eigenvalue weighted by molar-refractivity contribution is 6.23. The molecule has 120 valence electrons. The summed E-state index contributed by atoms with van der Waals surface area (Å²) < 4.78 is 0. The zero-order valence-corrected chi connectivity index (χ0v) is 12.7. The van der Waals surface area contributed by atoms with Crippen molar-refractivity contribution in [3.8, 4) is 0 Å². The Morgan fingerprint density at radius 3 is 2.00 bits per heavy atom. The van der Waals surface area contributed by atoms with Crippen molar-refractivity contribution in [2.24, 2.45) is 0 Å². The second kappa shape index (κ2) is 4.65. The van der Waals surface area contributed by atoms with Gasteiger partial charge in [-0.15, -0.1) is 0 Å². The Kier molecular flexibility index (Phi) is 2.74. The zero-order valence-electron chi connectivity index (χ0n) is 12.7. The maximum atomic E-state index is 10.5. The van der Waals surface area contributed by atoms with Crippen LogP contribution in [0.4, 0.5) is 0 Å². The van der Waals surface area contributed by atoms with Crippen LogP contribution in [0.1, 0.15) is 23.3 Å². The Labute approximate surface area is 137 Å². The van der Waals surface area contributed by atoms with Gasteiger partial charge in [-0.3, -0.25) is 0 Å². The molecule has 0 fully saturated rings. The summed E-state index contributed by atoms with van der Waals surface area (Å²) in [5.74, 6) is 0. The Balaban J connectivity index is 2.01. The smallest absolute Gasteiger partial charge is 0.113 e. The third-order valence-corrected chi connectivity index (χ3v) is 5.33. The van der Waals surface area contributed by atoms with Gasteiger partial charge in [-0.05, 0) is 49.5 Å². The number of benzene rings is 4. The van der Waals surface area contributed by atoms with Crippen molar-refractivity contribution in [3.05, 3.63) is 59.7 Å². The molecule has 0 radical (unpaired) electrons. The number of aliphatic hydroxyl groups is 4. The Morgan fingerprint density at radius 2 is 1.25 bits per heavy atom. The summed E-state index contributed by atoms with van der Waals surface area (Å²) >= 11 is 0. The highest BCUT2D eigenvalue weighted by atomic mass is 16.4. The molecule has 4 aromatic rings. The number of aliphatic hydroxyl groups excluding tert-OH is 4.